The smallest absolute Gasteiger partial charge is 0.330 e. The fraction of sp³-hybridized carbons (Fsp3) is 0.250. The molecule has 0 saturated carbocycles. The van der Waals surface area contributed by atoms with Crippen molar-refractivity contribution in [2.75, 3.05) is 0 Å². The number of carbonyl (C=O) groups is 3. The summed E-state index contributed by atoms with van der Waals surface area (Å²) in [5.41, 5.74) is 0.775. The molecule has 1 heterocycles. The van der Waals surface area contributed by atoms with Crippen molar-refractivity contribution in [3.8, 4) is 0 Å². The van der Waals surface area contributed by atoms with Crippen molar-refractivity contribution in [3.63, 3.8) is 0 Å². The number of hydroxylamine groups is 2. The monoisotopic (exact) mass is 233 g/mol. The summed E-state index contributed by atoms with van der Waals surface area (Å²) < 4.78 is 0. The molecule has 0 N–H and O–H groups in total. The van der Waals surface area contributed by atoms with Gasteiger partial charge in [0, 0.05) is 12.8 Å². The lowest BCUT2D eigenvalue weighted by Gasteiger charge is -2.12. The van der Waals surface area contributed by atoms with E-state index in [4.69, 9.17) is 4.84 Å². The Hall–Kier alpha value is -2.17. The first-order valence-corrected chi connectivity index (χ1v) is 5.27. The maximum absolute atomic E-state index is 11.5. The highest BCUT2D eigenvalue weighted by Gasteiger charge is 2.32. The Morgan fingerprint density at radius 3 is 2.29 bits per heavy atom. The van der Waals surface area contributed by atoms with Gasteiger partial charge in [0.15, 0.2) is 0 Å². The molecule has 1 saturated heterocycles. The minimum absolute atomic E-state index is 0.0396. The van der Waals surface area contributed by atoms with Gasteiger partial charge in [-0.2, -0.15) is 0 Å². The molecule has 5 heteroatoms. The minimum Gasteiger partial charge on any atom is -0.330 e. The Morgan fingerprint density at radius 1 is 1.12 bits per heavy atom. The largest absolute Gasteiger partial charge is 0.337 e. The maximum Gasteiger partial charge on any atom is 0.337 e. The number of amides is 2. The van der Waals surface area contributed by atoms with Crippen molar-refractivity contribution in [1.29, 1.82) is 0 Å². The topological polar surface area (TPSA) is 63.7 Å². The predicted octanol–water partition coefficient (Wildman–Crippen LogP) is 0.836. The van der Waals surface area contributed by atoms with E-state index in [0.29, 0.717) is 5.06 Å². The molecule has 0 aromatic heterocycles. The van der Waals surface area contributed by atoms with Crippen molar-refractivity contribution in [3.05, 3.63) is 35.9 Å². The van der Waals surface area contributed by atoms with Crippen molar-refractivity contribution in [2.45, 2.75) is 19.3 Å². The van der Waals surface area contributed by atoms with E-state index in [-0.39, 0.29) is 19.3 Å². The predicted molar refractivity (Wildman–Crippen MR) is 57.3 cm³/mol. The Balaban J connectivity index is 1.94. The fourth-order valence-electron chi connectivity index (χ4n) is 1.55. The number of imide groups is 1. The highest BCUT2D eigenvalue weighted by Crippen LogP contribution is 2.13. The van der Waals surface area contributed by atoms with Crippen LogP contribution >= 0.6 is 0 Å². The van der Waals surface area contributed by atoms with Crippen LogP contribution in [0, 0.1) is 0 Å². The molecule has 1 aromatic carbocycles. The molecule has 2 rings (SSSR count). The zero-order valence-corrected chi connectivity index (χ0v) is 9.09. The zero-order chi connectivity index (χ0) is 12.3. The summed E-state index contributed by atoms with van der Waals surface area (Å²) in [5, 5.41) is 0.561. The molecule has 88 valence electrons. The van der Waals surface area contributed by atoms with E-state index in [1.54, 1.807) is 24.3 Å². The number of hydrogen-bond acceptors (Lipinski definition) is 4. The van der Waals surface area contributed by atoms with Gasteiger partial charge in [0.05, 0.1) is 6.42 Å². The van der Waals surface area contributed by atoms with Gasteiger partial charge in [-0.1, -0.05) is 30.3 Å². The quantitative estimate of drug-likeness (QED) is 0.725. The molecule has 17 heavy (non-hydrogen) atoms. The molecular formula is C12H11NO4. The van der Waals surface area contributed by atoms with Gasteiger partial charge in [0.2, 0.25) is 0 Å². The van der Waals surface area contributed by atoms with Crippen molar-refractivity contribution < 1.29 is 19.2 Å². The van der Waals surface area contributed by atoms with Crippen LogP contribution in [-0.2, 0) is 25.6 Å². The first-order chi connectivity index (χ1) is 8.16. The first kappa shape index (κ1) is 11.3. The average Bonchev–Trinajstić information content (AvgIpc) is 2.62. The van der Waals surface area contributed by atoms with Gasteiger partial charge in [0.25, 0.3) is 11.8 Å². The molecular weight excluding hydrogens is 222 g/mol. The van der Waals surface area contributed by atoms with Crippen molar-refractivity contribution >= 4 is 17.8 Å². The van der Waals surface area contributed by atoms with Gasteiger partial charge >= 0.3 is 5.97 Å². The lowest BCUT2D eigenvalue weighted by molar-refractivity contribution is -0.197. The summed E-state index contributed by atoms with van der Waals surface area (Å²) in [6, 6.07) is 8.98. The van der Waals surface area contributed by atoms with E-state index >= 15 is 0 Å². The third-order valence-corrected chi connectivity index (χ3v) is 2.39. The summed E-state index contributed by atoms with van der Waals surface area (Å²) in [5.74, 6) is -1.53. The second-order valence-electron chi connectivity index (χ2n) is 3.71. The molecule has 1 aliphatic heterocycles. The third-order valence-electron chi connectivity index (χ3n) is 2.39. The van der Waals surface area contributed by atoms with Crippen LogP contribution in [0.5, 0.6) is 0 Å². The van der Waals surface area contributed by atoms with E-state index in [9.17, 15) is 14.4 Å². The Bertz CT molecular complexity index is 439. The highest BCUT2D eigenvalue weighted by atomic mass is 16.7. The fourth-order valence-corrected chi connectivity index (χ4v) is 1.55. The molecule has 0 spiro atoms. The minimum atomic E-state index is -0.611. The Morgan fingerprint density at radius 2 is 1.71 bits per heavy atom. The van der Waals surface area contributed by atoms with Gasteiger partial charge < -0.3 is 4.84 Å². The van der Waals surface area contributed by atoms with E-state index in [0.717, 1.165) is 5.56 Å². The van der Waals surface area contributed by atoms with Crippen LogP contribution in [0.2, 0.25) is 0 Å². The number of benzene rings is 1. The lowest BCUT2D eigenvalue weighted by atomic mass is 10.2. The van der Waals surface area contributed by atoms with E-state index in [2.05, 4.69) is 0 Å². The average molecular weight is 233 g/mol. The summed E-state index contributed by atoms with van der Waals surface area (Å²) in [6.07, 6.45) is 0.257. The number of nitrogens with zero attached hydrogens (tertiary/aromatic N) is 1. The summed E-state index contributed by atoms with van der Waals surface area (Å²) in [6.45, 7) is 0. The molecule has 0 unspecified atom stereocenters. The highest BCUT2D eigenvalue weighted by molar-refractivity contribution is 6.01. The summed E-state index contributed by atoms with van der Waals surface area (Å²) >= 11 is 0. The van der Waals surface area contributed by atoms with Crippen LogP contribution in [0.3, 0.4) is 0 Å². The van der Waals surface area contributed by atoms with Gasteiger partial charge in [-0.3, -0.25) is 9.59 Å². The molecule has 0 aliphatic carbocycles. The van der Waals surface area contributed by atoms with Crippen LogP contribution in [0.1, 0.15) is 18.4 Å². The summed E-state index contributed by atoms with van der Waals surface area (Å²) in [4.78, 5) is 38.6. The normalized spacial score (nSPS) is 15.2. The molecule has 0 atom stereocenters. The van der Waals surface area contributed by atoms with E-state index in [1.807, 2.05) is 6.07 Å². The Labute approximate surface area is 97.9 Å². The second kappa shape index (κ2) is 4.78. The molecule has 0 radical (unpaired) electrons. The first-order valence-electron chi connectivity index (χ1n) is 5.27. The zero-order valence-electron chi connectivity index (χ0n) is 9.09. The number of hydrogen-bond donors (Lipinski definition) is 0. The van der Waals surface area contributed by atoms with Crippen LogP contribution in [-0.4, -0.2) is 22.8 Å². The molecule has 0 bridgehead atoms. The van der Waals surface area contributed by atoms with Gasteiger partial charge in [-0.05, 0) is 5.56 Å². The van der Waals surface area contributed by atoms with Crippen molar-refractivity contribution in [1.82, 2.24) is 5.06 Å². The standard InChI is InChI=1S/C12H11NO4/c14-10-6-7-11(15)13(10)17-12(16)8-9-4-2-1-3-5-9/h1-5H,6-8H2. The van der Waals surface area contributed by atoms with Crippen LogP contribution in [0.15, 0.2) is 30.3 Å². The number of carbonyl (C=O) groups excluding carboxylic acids is 3. The lowest BCUT2D eigenvalue weighted by Crippen LogP contribution is -2.32. The van der Waals surface area contributed by atoms with Crippen LogP contribution in [0.25, 0.3) is 0 Å². The third kappa shape index (κ3) is 2.69. The molecule has 2 amide bonds. The Kier molecular flexibility index (Phi) is 3.18. The molecule has 1 fully saturated rings. The van der Waals surface area contributed by atoms with Gasteiger partial charge in [-0.25, -0.2) is 4.79 Å². The molecule has 5 nitrogen and oxygen atoms in total. The molecule has 1 aliphatic rings. The van der Waals surface area contributed by atoms with Crippen molar-refractivity contribution in [2.24, 2.45) is 0 Å². The summed E-state index contributed by atoms with van der Waals surface area (Å²) in [7, 11) is 0. The van der Waals surface area contributed by atoms with Gasteiger partial charge in [0.1, 0.15) is 0 Å². The number of rotatable bonds is 3. The van der Waals surface area contributed by atoms with Gasteiger partial charge in [-0.15, -0.1) is 5.06 Å². The van der Waals surface area contributed by atoms with Crippen LogP contribution < -0.4 is 0 Å². The van der Waals surface area contributed by atoms with E-state index < -0.39 is 17.8 Å². The van der Waals surface area contributed by atoms with Crippen LogP contribution in [0.4, 0.5) is 0 Å². The second-order valence-corrected chi connectivity index (χ2v) is 3.71. The maximum atomic E-state index is 11.5. The SMILES string of the molecule is O=C(Cc1ccccc1)ON1C(=O)CCC1=O. The molecule has 1 aromatic rings. The van der Waals surface area contributed by atoms with E-state index in [1.165, 1.54) is 0 Å².